The Labute approximate surface area is 158 Å². The fourth-order valence-corrected chi connectivity index (χ4v) is 4.05. The number of rotatable bonds is 5. The number of H-pyrrole nitrogens is 1. The van der Waals surface area contributed by atoms with Gasteiger partial charge in [0.1, 0.15) is 11.6 Å². The highest BCUT2D eigenvalue weighted by molar-refractivity contribution is 5.88. The standard InChI is InChI=1S/C21H24N4O2/c1-2-19(27)25-12-21(7-8-21)18(25)11-14-9-13(20(23)24-14)10-16(22)15-5-3-4-6-17(15)26/h2-6,9-10,18,24,26H,1,7-8,11-12,22-23H2/b16-10-. The molecule has 1 aromatic heterocycles. The molecule has 2 fully saturated rings. The first-order valence-electron chi connectivity index (χ1n) is 9.09. The van der Waals surface area contributed by atoms with Crippen LogP contribution in [0.3, 0.4) is 0 Å². The normalized spacial score (nSPS) is 20.4. The number of hydrogen-bond donors (Lipinski definition) is 4. The van der Waals surface area contributed by atoms with Crippen molar-refractivity contribution in [2.24, 2.45) is 11.1 Å². The molecule has 6 N–H and O–H groups in total. The number of nitrogen functional groups attached to an aromatic ring is 1. The van der Waals surface area contributed by atoms with Gasteiger partial charge in [0.15, 0.2) is 0 Å². The van der Waals surface area contributed by atoms with Crippen LogP contribution in [0.15, 0.2) is 43.0 Å². The van der Waals surface area contributed by atoms with E-state index in [1.165, 1.54) is 18.9 Å². The van der Waals surface area contributed by atoms with Gasteiger partial charge < -0.3 is 26.5 Å². The number of carbonyl (C=O) groups is 1. The molecule has 1 unspecified atom stereocenters. The number of hydrogen-bond acceptors (Lipinski definition) is 4. The predicted molar refractivity (Wildman–Crippen MR) is 106 cm³/mol. The Balaban J connectivity index is 1.55. The highest BCUT2D eigenvalue weighted by Gasteiger charge is 2.61. The van der Waals surface area contributed by atoms with Crippen molar-refractivity contribution < 1.29 is 9.90 Å². The number of aromatic hydroxyl groups is 1. The van der Waals surface area contributed by atoms with Crippen LogP contribution >= 0.6 is 0 Å². The predicted octanol–water partition coefficient (Wildman–Crippen LogP) is 2.48. The van der Waals surface area contributed by atoms with Crippen molar-refractivity contribution in [3.63, 3.8) is 0 Å². The number of aromatic nitrogens is 1. The van der Waals surface area contributed by atoms with Crippen molar-refractivity contribution in [3.8, 4) is 5.75 Å². The van der Waals surface area contributed by atoms with Gasteiger partial charge in [-0.1, -0.05) is 18.7 Å². The summed E-state index contributed by atoms with van der Waals surface area (Å²) in [6.07, 6.45) is 6.20. The highest BCUT2D eigenvalue weighted by Crippen LogP contribution is 2.58. The topological polar surface area (TPSA) is 108 Å². The third-order valence-electron chi connectivity index (χ3n) is 5.79. The van der Waals surface area contributed by atoms with E-state index in [-0.39, 0.29) is 23.1 Å². The fourth-order valence-electron chi connectivity index (χ4n) is 4.05. The Kier molecular flexibility index (Phi) is 3.98. The number of aromatic amines is 1. The minimum atomic E-state index is -0.0130. The number of para-hydroxylation sites is 1. The van der Waals surface area contributed by atoms with Gasteiger partial charge in [0, 0.05) is 46.9 Å². The number of nitrogens with zero attached hydrogens (tertiary/aromatic N) is 1. The lowest BCUT2D eigenvalue weighted by molar-refractivity contribution is -0.140. The van der Waals surface area contributed by atoms with Gasteiger partial charge in [0.05, 0.1) is 0 Å². The van der Waals surface area contributed by atoms with E-state index in [4.69, 9.17) is 11.5 Å². The van der Waals surface area contributed by atoms with Crippen LogP contribution in [0.4, 0.5) is 5.82 Å². The molecule has 4 rings (SSSR count). The molecule has 140 valence electrons. The quantitative estimate of drug-likeness (QED) is 0.611. The Morgan fingerprint density at radius 2 is 2.15 bits per heavy atom. The van der Waals surface area contributed by atoms with Gasteiger partial charge in [-0.3, -0.25) is 4.79 Å². The van der Waals surface area contributed by atoms with E-state index in [0.717, 1.165) is 24.2 Å². The zero-order valence-electron chi connectivity index (χ0n) is 15.1. The van der Waals surface area contributed by atoms with Crippen LogP contribution in [-0.2, 0) is 11.2 Å². The number of phenolic OH excluding ortho intramolecular Hbond substituents is 1. The second-order valence-electron chi connectivity index (χ2n) is 7.53. The summed E-state index contributed by atoms with van der Waals surface area (Å²) in [4.78, 5) is 17.1. The van der Waals surface area contributed by atoms with Crippen molar-refractivity contribution >= 4 is 23.5 Å². The summed E-state index contributed by atoms with van der Waals surface area (Å²) in [5.74, 6) is 0.638. The fraction of sp³-hybridized carbons (Fsp3) is 0.286. The number of nitrogens with two attached hydrogens (primary N) is 2. The lowest BCUT2D eigenvalue weighted by atomic mass is 9.82. The van der Waals surface area contributed by atoms with Gasteiger partial charge in [-0.25, -0.2) is 0 Å². The summed E-state index contributed by atoms with van der Waals surface area (Å²) in [7, 11) is 0. The minimum absolute atomic E-state index is 0.0130. The number of phenols is 1. The lowest BCUT2D eigenvalue weighted by Crippen LogP contribution is -2.60. The Bertz CT molecular complexity index is 939. The monoisotopic (exact) mass is 364 g/mol. The number of likely N-dealkylation sites (tertiary alicyclic amines) is 1. The summed E-state index contributed by atoms with van der Waals surface area (Å²) >= 11 is 0. The second kappa shape index (κ2) is 6.23. The van der Waals surface area contributed by atoms with Crippen LogP contribution in [-0.4, -0.2) is 33.5 Å². The lowest BCUT2D eigenvalue weighted by Gasteiger charge is -2.49. The maximum absolute atomic E-state index is 12.0. The first-order valence-corrected chi connectivity index (χ1v) is 9.09. The zero-order valence-corrected chi connectivity index (χ0v) is 15.1. The molecule has 0 radical (unpaired) electrons. The van der Waals surface area contributed by atoms with Gasteiger partial charge in [-0.15, -0.1) is 0 Å². The smallest absolute Gasteiger partial charge is 0.246 e. The maximum atomic E-state index is 12.0. The molecule has 1 spiro atoms. The molecule has 6 heteroatoms. The van der Waals surface area contributed by atoms with E-state index in [9.17, 15) is 9.90 Å². The Morgan fingerprint density at radius 1 is 1.41 bits per heavy atom. The zero-order chi connectivity index (χ0) is 19.2. The number of benzene rings is 1. The molecule has 1 amide bonds. The van der Waals surface area contributed by atoms with Crippen LogP contribution in [0, 0.1) is 5.41 Å². The van der Waals surface area contributed by atoms with Gasteiger partial charge >= 0.3 is 0 Å². The molecule has 1 saturated heterocycles. The molecule has 1 aliphatic heterocycles. The van der Waals surface area contributed by atoms with Crippen LogP contribution < -0.4 is 11.5 Å². The number of amides is 1. The summed E-state index contributed by atoms with van der Waals surface area (Å²) in [5.41, 5.74) is 15.3. The van der Waals surface area contributed by atoms with E-state index in [2.05, 4.69) is 11.6 Å². The average Bonchev–Trinajstić information content (AvgIpc) is 3.39. The number of nitrogens with one attached hydrogen (secondary N) is 1. The molecule has 6 nitrogen and oxygen atoms in total. The van der Waals surface area contributed by atoms with Gasteiger partial charge in [0.25, 0.3) is 0 Å². The van der Waals surface area contributed by atoms with E-state index < -0.39 is 0 Å². The van der Waals surface area contributed by atoms with Crippen LogP contribution in [0.25, 0.3) is 11.8 Å². The summed E-state index contributed by atoms with van der Waals surface area (Å²) in [5, 5.41) is 9.96. The van der Waals surface area contributed by atoms with Crippen LogP contribution in [0.2, 0.25) is 0 Å². The number of anilines is 1. The van der Waals surface area contributed by atoms with Gasteiger partial charge in [-0.2, -0.15) is 0 Å². The van der Waals surface area contributed by atoms with Crippen LogP contribution in [0.5, 0.6) is 5.75 Å². The minimum Gasteiger partial charge on any atom is -0.507 e. The number of carbonyl (C=O) groups excluding carboxylic acids is 1. The molecule has 1 atom stereocenters. The molecule has 0 bridgehead atoms. The first kappa shape index (κ1) is 17.3. The SMILES string of the molecule is C=CC(=O)N1CC2(CC2)C1Cc1cc(/C=C(\N)c2ccccc2O)c(N)[nH]1. The summed E-state index contributed by atoms with van der Waals surface area (Å²) in [6, 6.07) is 9.07. The molecule has 2 aliphatic rings. The second-order valence-corrected chi connectivity index (χ2v) is 7.53. The van der Waals surface area contributed by atoms with Crippen molar-refractivity contribution in [2.45, 2.75) is 25.3 Å². The van der Waals surface area contributed by atoms with Crippen molar-refractivity contribution in [1.82, 2.24) is 9.88 Å². The van der Waals surface area contributed by atoms with E-state index in [1.807, 2.05) is 17.0 Å². The largest absolute Gasteiger partial charge is 0.507 e. The molecular formula is C21H24N4O2. The molecule has 1 aliphatic carbocycles. The summed E-state index contributed by atoms with van der Waals surface area (Å²) in [6.45, 7) is 4.42. The molecule has 27 heavy (non-hydrogen) atoms. The van der Waals surface area contributed by atoms with Crippen molar-refractivity contribution in [2.75, 3.05) is 12.3 Å². The van der Waals surface area contributed by atoms with Crippen LogP contribution in [0.1, 0.15) is 29.7 Å². The third-order valence-corrected chi connectivity index (χ3v) is 5.79. The Hall–Kier alpha value is -3.15. The van der Waals surface area contributed by atoms with Gasteiger partial charge in [-0.05, 0) is 43.2 Å². The van der Waals surface area contributed by atoms with Crippen molar-refractivity contribution in [1.29, 1.82) is 0 Å². The van der Waals surface area contributed by atoms with E-state index >= 15 is 0 Å². The molecule has 1 saturated carbocycles. The Morgan fingerprint density at radius 3 is 2.81 bits per heavy atom. The maximum Gasteiger partial charge on any atom is 0.246 e. The third kappa shape index (κ3) is 2.97. The molecule has 1 aromatic carbocycles. The van der Waals surface area contributed by atoms with E-state index in [0.29, 0.717) is 17.1 Å². The van der Waals surface area contributed by atoms with Gasteiger partial charge in [0.2, 0.25) is 5.91 Å². The van der Waals surface area contributed by atoms with E-state index in [1.54, 1.807) is 24.3 Å². The molecule has 2 heterocycles. The average molecular weight is 364 g/mol. The highest BCUT2D eigenvalue weighted by atomic mass is 16.3. The first-order chi connectivity index (χ1) is 12.9. The molecule has 2 aromatic rings. The molecular weight excluding hydrogens is 340 g/mol. The van der Waals surface area contributed by atoms with Crippen molar-refractivity contribution in [3.05, 3.63) is 59.8 Å². The summed E-state index contributed by atoms with van der Waals surface area (Å²) < 4.78 is 0.